The van der Waals surface area contributed by atoms with Crippen molar-refractivity contribution >= 4 is 17.4 Å². The minimum Gasteiger partial charge on any atom is -0.383 e. The first-order chi connectivity index (χ1) is 14.6. The Balaban J connectivity index is 2.02. The number of hydrogen-bond donors (Lipinski definition) is 2. The van der Waals surface area contributed by atoms with Gasteiger partial charge in [0.2, 0.25) is 0 Å². The Morgan fingerprint density at radius 1 is 1.19 bits per heavy atom. The van der Waals surface area contributed by atoms with E-state index in [4.69, 9.17) is 5.73 Å². The van der Waals surface area contributed by atoms with Crippen LogP contribution in [0.3, 0.4) is 0 Å². The van der Waals surface area contributed by atoms with E-state index in [0.29, 0.717) is 18.7 Å². The first-order valence-corrected chi connectivity index (χ1v) is 10.1. The fourth-order valence-electron chi connectivity index (χ4n) is 3.41. The lowest BCUT2D eigenvalue weighted by molar-refractivity contribution is 0.0987. The van der Waals surface area contributed by atoms with Crippen LogP contribution in [0.2, 0.25) is 0 Å². The Hall–Kier alpha value is -3.69. The van der Waals surface area contributed by atoms with Gasteiger partial charge >= 0.3 is 5.69 Å². The molecule has 0 aliphatic rings. The van der Waals surface area contributed by atoms with Gasteiger partial charge in [-0.05, 0) is 38.8 Å². The molecule has 2 aromatic heterocycles. The first kappa shape index (κ1) is 22.0. The number of nitrogens with zero attached hydrogens (tertiary/aromatic N) is 5. The van der Waals surface area contributed by atoms with Crippen LogP contribution < -0.4 is 21.9 Å². The van der Waals surface area contributed by atoms with Crippen molar-refractivity contribution in [2.45, 2.75) is 47.1 Å². The molecule has 1 aromatic carbocycles. The molecular weight excluding hydrogens is 398 g/mol. The van der Waals surface area contributed by atoms with E-state index >= 15 is 0 Å². The topological polar surface area (TPSA) is 132 Å². The summed E-state index contributed by atoms with van der Waals surface area (Å²) in [5.41, 5.74) is 8.01. The van der Waals surface area contributed by atoms with Gasteiger partial charge in [-0.1, -0.05) is 31.0 Å². The third-order valence-corrected chi connectivity index (χ3v) is 5.14. The number of nitrogens with two attached hydrogens (primary N) is 1. The molecule has 2 heterocycles. The SMILES string of the molecule is CCCCn1c(N)c(N(C)C(=O)c2nn(-c3ccc(C)cc3C)nc2C)c(=O)[nH]c1=O. The number of amides is 1. The summed E-state index contributed by atoms with van der Waals surface area (Å²) >= 11 is 0. The average Bonchev–Trinajstić information content (AvgIpc) is 3.08. The number of carbonyl (C=O) groups is 1. The molecule has 0 fully saturated rings. The minimum absolute atomic E-state index is 0.0579. The third kappa shape index (κ3) is 4.14. The molecule has 1 amide bonds. The normalized spacial score (nSPS) is 11.0. The van der Waals surface area contributed by atoms with Crippen LogP contribution >= 0.6 is 0 Å². The summed E-state index contributed by atoms with van der Waals surface area (Å²) in [5, 5.41) is 8.73. The molecule has 0 bridgehead atoms. The summed E-state index contributed by atoms with van der Waals surface area (Å²) in [6.45, 7) is 7.92. The second kappa shape index (κ2) is 8.58. The van der Waals surface area contributed by atoms with E-state index in [2.05, 4.69) is 15.2 Å². The number of carbonyl (C=O) groups excluding carboxylic acids is 1. The van der Waals surface area contributed by atoms with Crippen molar-refractivity contribution in [1.29, 1.82) is 0 Å². The Morgan fingerprint density at radius 3 is 2.55 bits per heavy atom. The molecule has 0 saturated carbocycles. The molecule has 3 rings (SSSR count). The van der Waals surface area contributed by atoms with Gasteiger partial charge in [0, 0.05) is 13.6 Å². The summed E-state index contributed by atoms with van der Waals surface area (Å²) in [5.74, 6) is -0.608. The Bertz CT molecular complexity index is 1250. The van der Waals surface area contributed by atoms with Crippen molar-refractivity contribution in [1.82, 2.24) is 24.5 Å². The van der Waals surface area contributed by atoms with Gasteiger partial charge in [-0.15, -0.1) is 5.10 Å². The standard InChI is InChI=1S/C21H27N7O3/c1-6-7-10-27-18(22)17(19(29)23-21(27)31)26(5)20(30)16-14(4)24-28(25-16)15-9-8-12(2)11-13(15)3/h8-9,11H,6-7,10,22H2,1-5H3,(H,23,29,31). The van der Waals surface area contributed by atoms with Crippen LogP contribution in [0.25, 0.3) is 5.69 Å². The third-order valence-electron chi connectivity index (χ3n) is 5.14. The number of aromatic nitrogens is 5. The number of unbranched alkanes of at least 4 members (excludes halogenated alkanes) is 1. The predicted octanol–water partition coefficient (Wildman–Crippen LogP) is 1.70. The zero-order valence-electron chi connectivity index (χ0n) is 18.4. The van der Waals surface area contributed by atoms with Crippen molar-refractivity contribution < 1.29 is 4.79 Å². The quantitative estimate of drug-likeness (QED) is 0.618. The van der Waals surface area contributed by atoms with E-state index in [1.807, 2.05) is 39.0 Å². The smallest absolute Gasteiger partial charge is 0.330 e. The first-order valence-electron chi connectivity index (χ1n) is 10.1. The van der Waals surface area contributed by atoms with Gasteiger partial charge in [0.25, 0.3) is 11.5 Å². The van der Waals surface area contributed by atoms with Crippen LogP contribution in [0.4, 0.5) is 11.5 Å². The molecule has 0 saturated heterocycles. The van der Waals surface area contributed by atoms with Crippen molar-refractivity contribution in [3.63, 3.8) is 0 Å². The van der Waals surface area contributed by atoms with Gasteiger partial charge in [-0.25, -0.2) is 4.79 Å². The van der Waals surface area contributed by atoms with Gasteiger partial charge in [0.15, 0.2) is 11.4 Å². The lowest BCUT2D eigenvalue weighted by atomic mass is 10.1. The molecule has 10 nitrogen and oxygen atoms in total. The largest absolute Gasteiger partial charge is 0.383 e. The maximum absolute atomic E-state index is 13.2. The molecule has 0 atom stereocenters. The molecule has 3 N–H and O–H groups in total. The number of H-pyrrole nitrogens is 1. The monoisotopic (exact) mass is 425 g/mol. The maximum atomic E-state index is 13.2. The fourth-order valence-corrected chi connectivity index (χ4v) is 3.41. The van der Waals surface area contributed by atoms with E-state index in [0.717, 1.165) is 28.1 Å². The Morgan fingerprint density at radius 2 is 1.90 bits per heavy atom. The highest BCUT2D eigenvalue weighted by atomic mass is 16.2. The highest BCUT2D eigenvalue weighted by Crippen LogP contribution is 2.20. The summed E-state index contributed by atoms with van der Waals surface area (Å²) in [7, 11) is 1.42. The van der Waals surface area contributed by atoms with Crippen LogP contribution in [0.15, 0.2) is 27.8 Å². The Kier molecular flexibility index (Phi) is 6.09. The van der Waals surface area contributed by atoms with E-state index in [9.17, 15) is 14.4 Å². The molecule has 31 heavy (non-hydrogen) atoms. The molecule has 0 spiro atoms. The van der Waals surface area contributed by atoms with Gasteiger partial charge in [-0.3, -0.25) is 19.1 Å². The molecule has 0 unspecified atom stereocenters. The predicted molar refractivity (Wildman–Crippen MR) is 119 cm³/mol. The minimum atomic E-state index is -0.731. The highest BCUT2D eigenvalue weighted by molar-refractivity contribution is 6.06. The zero-order chi connectivity index (χ0) is 22.9. The van der Waals surface area contributed by atoms with Crippen molar-refractivity contribution in [2.75, 3.05) is 17.7 Å². The number of aromatic amines is 1. The van der Waals surface area contributed by atoms with Crippen LogP contribution in [0, 0.1) is 20.8 Å². The number of nitrogen functional groups attached to an aromatic ring is 1. The number of hydrogen-bond acceptors (Lipinski definition) is 6. The summed E-state index contributed by atoms with van der Waals surface area (Å²) in [6.07, 6.45) is 1.55. The van der Waals surface area contributed by atoms with Gasteiger partial charge in [-0.2, -0.15) is 9.90 Å². The second-order valence-electron chi connectivity index (χ2n) is 7.58. The average molecular weight is 425 g/mol. The van der Waals surface area contributed by atoms with E-state index in [1.165, 1.54) is 16.4 Å². The van der Waals surface area contributed by atoms with Crippen LogP contribution in [-0.2, 0) is 6.54 Å². The molecule has 0 aliphatic carbocycles. The summed E-state index contributed by atoms with van der Waals surface area (Å²) < 4.78 is 1.27. The van der Waals surface area contributed by atoms with Crippen molar-refractivity contribution in [3.05, 3.63) is 61.6 Å². The zero-order valence-corrected chi connectivity index (χ0v) is 18.4. The Labute approximate surface area is 179 Å². The van der Waals surface area contributed by atoms with E-state index in [1.54, 1.807) is 6.92 Å². The highest BCUT2D eigenvalue weighted by Gasteiger charge is 2.26. The number of nitrogens with one attached hydrogen (secondary N) is 1. The lowest BCUT2D eigenvalue weighted by Gasteiger charge is -2.19. The maximum Gasteiger partial charge on any atom is 0.330 e. The van der Waals surface area contributed by atoms with Crippen molar-refractivity contribution in [2.24, 2.45) is 0 Å². The molecule has 0 aliphatic heterocycles. The van der Waals surface area contributed by atoms with Crippen LogP contribution in [0.1, 0.15) is 47.1 Å². The van der Waals surface area contributed by atoms with Crippen molar-refractivity contribution in [3.8, 4) is 5.69 Å². The fraction of sp³-hybridized carbons (Fsp3) is 0.381. The number of rotatable bonds is 6. The van der Waals surface area contributed by atoms with Gasteiger partial charge in [0.05, 0.1) is 11.4 Å². The van der Waals surface area contributed by atoms with Crippen LogP contribution in [0.5, 0.6) is 0 Å². The summed E-state index contributed by atoms with van der Waals surface area (Å²) in [6, 6.07) is 5.82. The molecule has 0 radical (unpaired) electrons. The van der Waals surface area contributed by atoms with E-state index in [-0.39, 0.29) is 17.2 Å². The summed E-state index contributed by atoms with van der Waals surface area (Å²) in [4.78, 5) is 42.6. The number of anilines is 2. The van der Waals surface area contributed by atoms with Gasteiger partial charge in [0.1, 0.15) is 5.82 Å². The number of aryl methyl sites for hydroxylation is 3. The molecule has 3 aromatic rings. The second-order valence-corrected chi connectivity index (χ2v) is 7.58. The van der Waals surface area contributed by atoms with Gasteiger partial charge < -0.3 is 10.6 Å². The van der Waals surface area contributed by atoms with E-state index < -0.39 is 17.2 Å². The van der Waals surface area contributed by atoms with Crippen LogP contribution in [-0.4, -0.2) is 37.5 Å². The number of benzene rings is 1. The molecule has 164 valence electrons. The molecular formula is C21H27N7O3. The lowest BCUT2D eigenvalue weighted by Crippen LogP contribution is -2.39. The molecule has 10 heteroatoms.